The van der Waals surface area contributed by atoms with Crippen LogP contribution in [0.15, 0.2) is 12.2 Å². The first-order valence-electron chi connectivity index (χ1n) is 8.30. The van der Waals surface area contributed by atoms with E-state index >= 15 is 0 Å². The molecule has 1 saturated heterocycles. The minimum atomic E-state index is -1.86. The molecule has 1 aliphatic heterocycles. The highest BCUT2D eigenvalue weighted by Crippen LogP contribution is 2.49. The van der Waals surface area contributed by atoms with Crippen molar-refractivity contribution >= 4 is 14.1 Å². The Morgan fingerprint density at radius 1 is 1.27 bits per heavy atom. The number of hydrogen-bond acceptors (Lipinski definition) is 4. The number of carbonyl (C=O) groups excluding carboxylic acids is 1. The van der Waals surface area contributed by atoms with Gasteiger partial charge in [-0.05, 0) is 18.1 Å². The molecule has 0 radical (unpaired) electrons. The van der Waals surface area contributed by atoms with E-state index in [2.05, 4.69) is 39.9 Å². The predicted molar refractivity (Wildman–Crippen MR) is 87.0 cm³/mol. The second-order valence-corrected chi connectivity index (χ2v) is 13.1. The van der Waals surface area contributed by atoms with E-state index in [9.17, 15) is 4.79 Å². The lowest BCUT2D eigenvalue weighted by Gasteiger charge is -2.48. The molecule has 124 valence electrons. The van der Waals surface area contributed by atoms with Crippen LogP contribution in [0.25, 0.3) is 0 Å². The zero-order valence-corrected chi connectivity index (χ0v) is 15.3. The Bertz CT molecular complexity index is 485. The van der Waals surface area contributed by atoms with E-state index < -0.39 is 14.1 Å². The van der Waals surface area contributed by atoms with E-state index in [1.165, 1.54) is 0 Å². The van der Waals surface area contributed by atoms with Crippen molar-refractivity contribution in [3.63, 3.8) is 0 Å². The molecule has 4 aliphatic rings. The number of ketones is 1. The summed E-state index contributed by atoms with van der Waals surface area (Å²) >= 11 is 0. The fraction of sp³-hybridized carbons (Fsp3) is 0.824. The van der Waals surface area contributed by atoms with Crippen LogP contribution in [-0.2, 0) is 18.7 Å². The highest BCUT2D eigenvalue weighted by atomic mass is 28.4. The molecule has 1 saturated carbocycles. The maximum Gasteiger partial charge on any atom is 0.192 e. The second-order valence-electron chi connectivity index (χ2n) is 8.31. The quantitative estimate of drug-likeness (QED) is 0.591. The van der Waals surface area contributed by atoms with Crippen molar-refractivity contribution in [3.8, 4) is 0 Å². The van der Waals surface area contributed by atoms with Crippen molar-refractivity contribution in [1.82, 2.24) is 0 Å². The molecule has 0 amide bonds. The van der Waals surface area contributed by atoms with Crippen molar-refractivity contribution in [2.75, 3.05) is 19.8 Å². The van der Waals surface area contributed by atoms with Crippen molar-refractivity contribution < 1.29 is 18.7 Å². The number of ether oxygens (including phenoxy) is 2. The Hall–Kier alpha value is -0.493. The fourth-order valence-electron chi connectivity index (χ4n) is 3.48. The average Bonchev–Trinajstić information content (AvgIpc) is 2.86. The summed E-state index contributed by atoms with van der Waals surface area (Å²) in [6.07, 6.45) is 4.83. The van der Waals surface area contributed by atoms with Gasteiger partial charge in [0, 0.05) is 24.9 Å². The van der Waals surface area contributed by atoms with Gasteiger partial charge in [0.25, 0.3) is 0 Å². The number of rotatable bonds is 3. The van der Waals surface area contributed by atoms with Crippen LogP contribution >= 0.6 is 0 Å². The minimum absolute atomic E-state index is 0.00253. The molecule has 0 aromatic carbocycles. The Morgan fingerprint density at radius 2 is 1.91 bits per heavy atom. The molecule has 2 fully saturated rings. The van der Waals surface area contributed by atoms with Crippen LogP contribution < -0.4 is 0 Å². The zero-order valence-electron chi connectivity index (χ0n) is 14.3. The minimum Gasteiger partial charge on any atom is -0.416 e. The van der Waals surface area contributed by atoms with E-state index in [4.69, 9.17) is 13.9 Å². The molecule has 22 heavy (non-hydrogen) atoms. The van der Waals surface area contributed by atoms with Crippen LogP contribution in [-0.4, -0.2) is 39.7 Å². The number of Topliss-reactive ketones (excluding diaryl/α,β-unsaturated/α-hetero) is 1. The SMILES string of the molecule is CC(C)(C)[Si](C)(C)OCC1C(=O)C2C=CC1C1(C2)OCCO1. The standard InChI is InChI=1S/C17H28O4Si/c1-16(2,3)22(4,5)21-11-13-14-7-6-12(15(13)18)10-17(14)19-8-9-20-17/h6-7,12-14H,8-11H2,1-5H3. The number of carbonyl (C=O) groups is 1. The zero-order chi connectivity index (χ0) is 16.2. The predicted octanol–water partition coefficient (Wildman–Crippen LogP) is 3.14. The Kier molecular flexibility index (Phi) is 3.92. The number of allylic oxidation sites excluding steroid dienone is 1. The van der Waals surface area contributed by atoms with Gasteiger partial charge in [-0.25, -0.2) is 0 Å². The monoisotopic (exact) mass is 324 g/mol. The summed E-state index contributed by atoms with van der Waals surface area (Å²) in [5.41, 5.74) is 0. The molecule has 2 bridgehead atoms. The van der Waals surface area contributed by atoms with Crippen LogP contribution in [0.3, 0.4) is 0 Å². The summed E-state index contributed by atoms with van der Waals surface area (Å²) in [4.78, 5) is 12.7. The first-order chi connectivity index (χ1) is 10.2. The van der Waals surface area contributed by atoms with Crippen molar-refractivity contribution in [2.24, 2.45) is 17.8 Å². The summed E-state index contributed by atoms with van der Waals surface area (Å²) in [6.45, 7) is 12.9. The van der Waals surface area contributed by atoms with Gasteiger partial charge in [-0.3, -0.25) is 4.79 Å². The van der Waals surface area contributed by atoms with Crippen LogP contribution in [0.4, 0.5) is 0 Å². The lowest BCUT2D eigenvalue weighted by molar-refractivity contribution is -0.223. The molecule has 3 unspecified atom stereocenters. The summed E-state index contributed by atoms with van der Waals surface area (Å²) in [6, 6.07) is 0. The van der Waals surface area contributed by atoms with Crippen LogP contribution in [0.5, 0.6) is 0 Å². The molecule has 0 aromatic rings. The lowest BCUT2D eigenvalue weighted by atomic mass is 9.65. The highest BCUT2D eigenvalue weighted by Gasteiger charge is 2.57. The molecular weight excluding hydrogens is 296 g/mol. The average molecular weight is 324 g/mol. The van der Waals surface area contributed by atoms with Gasteiger partial charge in [0.2, 0.25) is 0 Å². The molecule has 1 heterocycles. The van der Waals surface area contributed by atoms with E-state index in [1.807, 2.05) is 6.08 Å². The Balaban J connectivity index is 1.76. The summed E-state index contributed by atoms with van der Waals surface area (Å²) in [7, 11) is -1.86. The molecule has 0 aromatic heterocycles. The van der Waals surface area contributed by atoms with Gasteiger partial charge in [-0.15, -0.1) is 0 Å². The molecule has 3 atom stereocenters. The van der Waals surface area contributed by atoms with E-state index in [-0.39, 0.29) is 22.8 Å². The maximum atomic E-state index is 12.7. The summed E-state index contributed by atoms with van der Waals surface area (Å²) in [5.74, 6) is -0.477. The third-order valence-electron chi connectivity index (χ3n) is 5.93. The largest absolute Gasteiger partial charge is 0.416 e. The molecule has 3 aliphatic carbocycles. The maximum absolute atomic E-state index is 12.7. The van der Waals surface area contributed by atoms with E-state index in [1.54, 1.807) is 0 Å². The van der Waals surface area contributed by atoms with Crippen molar-refractivity contribution in [3.05, 3.63) is 12.2 Å². The van der Waals surface area contributed by atoms with Crippen molar-refractivity contribution in [2.45, 2.75) is 51.1 Å². The Morgan fingerprint density at radius 3 is 2.50 bits per heavy atom. The van der Waals surface area contributed by atoms with Gasteiger partial charge < -0.3 is 13.9 Å². The van der Waals surface area contributed by atoms with E-state index in [0.29, 0.717) is 32.0 Å². The van der Waals surface area contributed by atoms with Crippen molar-refractivity contribution in [1.29, 1.82) is 0 Å². The summed E-state index contributed by atoms with van der Waals surface area (Å²) in [5, 5.41) is 0.150. The van der Waals surface area contributed by atoms with Crippen LogP contribution in [0.1, 0.15) is 27.2 Å². The van der Waals surface area contributed by atoms with Gasteiger partial charge in [0.05, 0.1) is 19.1 Å². The second kappa shape index (κ2) is 5.26. The molecule has 4 nitrogen and oxygen atoms in total. The molecule has 4 rings (SSSR count). The lowest BCUT2D eigenvalue weighted by Crippen LogP contribution is -2.57. The fourth-order valence-corrected chi connectivity index (χ4v) is 4.51. The van der Waals surface area contributed by atoms with Gasteiger partial charge in [-0.1, -0.05) is 32.9 Å². The summed E-state index contributed by atoms with van der Waals surface area (Å²) < 4.78 is 18.2. The van der Waals surface area contributed by atoms with E-state index in [0.717, 1.165) is 0 Å². The highest BCUT2D eigenvalue weighted by molar-refractivity contribution is 6.74. The van der Waals surface area contributed by atoms with Gasteiger partial charge >= 0.3 is 0 Å². The first kappa shape index (κ1) is 16.4. The smallest absolute Gasteiger partial charge is 0.192 e. The molecule has 1 spiro atoms. The number of fused-ring (bicyclic) bond motifs is 1. The van der Waals surface area contributed by atoms with Crippen LogP contribution in [0.2, 0.25) is 18.1 Å². The van der Waals surface area contributed by atoms with Crippen LogP contribution in [0, 0.1) is 17.8 Å². The van der Waals surface area contributed by atoms with Gasteiger partial charge in [0.1, 0.15) is 5.78 Å². The Labute approximate surface area is 134 Å². The normalized spacial score (nSPS) is 33.9. The topological polar surface area (TPSA) is 44.8 Å². The first-order valence-corrected chi connectivity index (χ1v) is 11.2. The third kappa shape index (κ3) is 2.52. The molecule has 5 heteroatoms. The van der Waals surface area contributed by atoms with Gasteiger partial charge in [-0.2, -0.15) is 0 Å². The number of hydrogen-bond donors (Lipinski definition) is 0. The van der Waals surface area contributed by atoms with Gasteiger partial charge in [0.15, 0.2) is 14.1 Å². The third-order valence-corrected chi connectivity index (χ3v) is 10.4. The molecule has 0 N–H and O–H groups in total. The molecular formula is C17H28O4Si.